The van der Waals surface area contributed by atoms with Crippen LogP contribution in [0.15, 0.2) is 18.2 Å². The highest BCUT2D eigenvalue weighted by Crippen LogP contribution is 2.38. The molecule has 0 amide bonds. The van der Waals surface area contributed by atoms with Gasteiger partial charge in [0.05, 0.1) is 25.1 Å². The monoisotopic (exact) mass is 264 g/mol. The zero-order valence-electron chi connectivity index (χ0n) is 12.1. The number of anilines is 2. The van der Waals surface area contributed by atoms with Gasteiger partial charge in [0.1, 0.15) is 5.75 Å². The topological polar surface area (TPSA) is 47.7 Å². The molecule has 1 fully saturated rings. The molecule has 0 aliphatic heterocycles. The van der Waals surface area contributed by atoms with E-state index in [0.717, 1.165) is 29.6 Å². The lowest BCUT2D eigenvalue weighted by molar-refractivity contribution is 0.203. The molecule has 2 rings (SSSR count). The van der Waals surface area contributed by atoms with Crippen molar-refractivity contribution < 1.29 is 9.47 Å². The molecular formula is C15H24N2O2. The Morgan fingerprint density at radius 3 is 2.63 bits per heavy atom. The van der Waals surface area contributed by atoms with Crippen LogP contribution in [0.25, 0.3) is 0 Å². The van der Waals surface area contributed by atoms with Gasteiger partial charge in [0.25, 0.3) is 0 Å². The summed E-state index contributed by atoms with van der Waals surface area (Å²) in [6.07, 6.45) is 2.64. The van der Waals surface area contributed by atoms with Crippen LogP contribution < -0.4 is 15.4 Å². The Labute approximate surface area is 115 Å². The molecule has 0 bridgehead atoms. The van der Waals surface area contributed by atoms with Gasteiger partial charge in [0.15, 0.2) is 0 Å². The van der Waals surface area contributed by atoms with Gasteiger partial charge in [-0.3, -0.25) is 0 Å². The number of rotatable bonds is 7. The number of ether oxygens (including phenoxy) is 2. The number of hydrogen-bond donors (Lipinski definition) is 1. The van der Waals surface area contributed by atoms with Gasteiger partial charge in [-0.05, 0) is 37.8 Å². The second-order valence-corrected chi connectivity index (χ2v) is 5.19. The van der Waals surface area contributed by atoms with Crippen molar-refractivity contribution in [3.8, 4) is 5.75 Å². The van der Waals surface area contributed by atoms with Crippen molar-refractivity contribution in [3.63, 3.8) is 0 Å². The molecule has 19 heavy (non-hydrogen) atoms. The van der Waals surface area contributed by atoms with E-state index >= 15 is 0 Å². The van der Waals surface area contributed by atoms with Crippen LogP contribution in [-0.4, -0.2) is 33.4 Å². The van der Waals surface area contributed by atoms with Gasteiger partial charge in [-0.25, -0.2) is 0 Å². The van der Waals surface area contributed by atoms with Crippen LogP contribution in [0.3, 0.4) is 0 Å². The van der Waals surface area contributed by atoms with E-state index in [9.17, 15) is 0 Å². The summed E-state index contributed by atoms with van der Waals surface area (Å²) in [4.78, 5) is 2.36. The second-order valence-electron chi connectivity index (χ2n) is 5.19. The molecule has 0 spiro atoms. The summed E-state index contributed by atoms with van der Waals surface area (Å²) in [5, 5.41) is 0. The first kappa shape index (κ1) is 14.0. The van der Waals surface area contributed by atoms with Gasteiger partial charge in [0, 0.05) is 25.8 Å². The quantitative estimate of drug-likeness (QED) is 0.769. The Kier molecular flexibility index (Phi) is 4.53. The maximum absolute atomic E-state index is 6.17. The van der Waals surface area contributed by atoms with E-state index in [0.29, 0.717) is 12.6 Å². The number of nitrogens with two attached hydrogens (primary N) is 1. The minimum absolute atomic E-state index is 0.505. The van der Waals surface area contributed by atoms with Crippen molar-refractivity contribution in [1.29, 1.82) is 0 Å². The van der Waals surface area contributed by atoms with Crippen LogP contribution in [0.1, 0.15) is 19.8 Å². The fourth-order valence-electron chi connectivity index (χ4n) is 2.49. The lowest BCUT2D eigenvalue weighted by atomic mass is 10.1. The molecular weight excluding hydrogens is 240 g/mol. The molecule has 1 aliphatic rings. The van der Waals surface area contributed by atoms with Crippen LogP contribution >= 0.6 is 0 Å². The Morgan fingerprint density at radius 1 is 1.37 bits per heavy atom. The Bertz CT molecular complexity index is 419. The molecule has 4 nitrogen and oxygen atoms in total. The number of benzene rings is 1. The summed E-state index contributed by atoms with van der Waals surface area (Å²) in [5.41, 5.74) is 8.01. The molecule has 1 atom stereocenters. The largest absolute Gasteiger partial charge is 0.497 e. The average molecular weight is 264 g/mol. The SMILES string of the molecule is COCCN(c1ccc(OC)cc1N)C(C)C1CC1. The molecule has 4 heteroatoms. The van der Waals surface area contributed by atoms with Crippen LogP contribution in [0.5, 0.6) is 5.75 Å². The summed E-state index contributed by atoms with van der Waals surface area (Å²) >= 11 is 0. The van der Waals surface area contributed by atoms with E-state index in [-0.39, 0.29) is 0 Å². The van der Waals surface area contributed by atoms with Crippen LogP contribution in [-0.2, 0) is 4.74 Å². The van der Waals surface area contributed by atoms with Crippen LogP contribution in [0.2, 0.25) is 0 Å². The normalized spacial score (nSPS) is 16.2. The first-order valence-corrected chi connectivity index (χ1v) is 6.86. The van der Waals surface area contributed by atoms with Gasteiger partial charge < -0.3 is 20.1 Å². The number of hydrogen-bond acceptors (Lipinski definition) is 4. The molecule has 2 N–H and O–H groups in total. The molecule has 1 saturated carbocycles. The van der Waals surface area contributed by atoms with Crippen molar-refractivity contribution in [2.45, 2.75) is 25.8 Å². The van der Waals surface area contributed by atoms with Crippen molar-refractivity contribution in [3.05, 3.63) is 18.2 Å². The first-order valence-electron chi connectivity index (χ1n) is 6.86. The summed E-state index contributed by atoms with van der Waals surface area (Å²) in [6, 6.07) is 6.40. The molecule has 1 aromatic carbocycles. The van der Waals surface area contributed by atoms with E-state index in [1.807, 2.05) is 18.2 Å². The molecule has 1 unspecified atom stereocenters. The highest BCUT2D eigenvalue weighted by atomic mass is 16.5. The smallest absolute Gasteiger partial charge is 0.121 e. The fourth-order valence-corrected chi connectivity index (χ4v) is 2.49. The Hall–Kier alpha value is -1.42. The molecule has 0 saturated heterocycles. The standard InChI is InChI=1S/C15H24N2O2/c1-11(12-4-5-12)17(8-9-18-2)15-7-6-13(19-3)10-14(15)16/h6-7,10-12H,4-5,8-9,16H2,1-3H3. The molecule has 0 radical (unpaired) electrons. The molecule has 1 aromatic rings. The Morgan fingerprint density at radius 2 is 2.11 bits per heavy atom. The van der Waals surface area contributed by atoms with Gasteiger partial charge in [-0.1, -0.05) is 0 Å². The Balaban J connectivity index is 2.20. The second kappa shape index (κ2) is 6.15. The van der Waals surface area contributed by atoms with E-state index in [4.69, 9.17) is 15.2 Å². The number of nitrogens with zero attached hydrogens (tertiary/aromatic N) is 1. The zero-order valence-corrected chi connectivity index (χ0v) is 12.1. The maximum atomic E-state index is 6.17. The maximum Gasteiger partial charge on any atom is 0.121 e. The van der Waals surface area contributed by atoms with E-state index in [2.05, 4.69) is 11.8 Å². The van der Waals surface area contributed by atoms with E-state index < -0.39 is 0 Å². The van der Waals surface area contributed by atoms with Crippen molar-refractivity contribution >= 4 is 11.4 Å². The summed E-state index contributed by atoms with van der Waals surface area (Å²) in [6.45, 7) is 3.85. The summed E-state index contributed by atoms with van der Waals surface area (Å²) in [5.74, 6) is 1.59. The summed E-state index contributed by atoms with van der Waals surface area (Å²) in [7, 11) is 3.39. The van der Waals surface area contributed by atoms with Crippen molar-refractivity contribution in [1.82, 2.24) is 0 Å². The molecule has 0 heterocycles. The van der Waals surface area contributed by atoms with Crippen molar-refractivity contribution in [2.24, 2.45) is 5.92 Å². The minimum atomic E-state index is 0.505. The lowest BCUT2D eigenvalue weighted by Gasteiger charge is -2.32. The van der Waals surface area contributed by atoms with E-state index in [1.165, 1.54) is 12.8 Å². The first-order chi connectivity index (χ1) is 9.17. The lowest BCUT2D eigenvalue weighted by Crippen LogP contribution is -2.37. The van der Waals surface area contributed by atoms with Crippen LogP contribution in [0.4, 0.5) is 11.4 Å². The van der Waals surface area contributed by atoms with Crippen molar-refractivity contribution in [2.75, 3.05) is 38.0 Å². The van der Waals surface area contributed by atoms with Gasteiger partial charge in [-0.15, -0.1) is 0 Å². The molecule has 0 aromatic heterocycles. The highest BCUT2D eigenvalue weighted by molar-refractivity contribution is 5.70. The fraction of sp³-hybridized carbons (Fsp3) is 0.600. The van der Waals surface area contributed by atoms with Crippen LogP contribution in [0, 0.1) is 5.92 Å². The third-order valence-electron chi connectivity index (χ3n) is 3.88. The van der Waals surface area contributed by atoms with Gasteiger partial charge >= 0.3 is 0 Å². The van der Waals surface area contributed by atoms with Gasteiger partial charge in [-0.2, -0.15) is 0 Å². The summed E-state index contributed by atoms with van der Waals surface area (Å²) < 4.78 is 10.4. The molecule has 106 valence electrons. The minimum Gasteiger partial charge on any atom is -0.497 e. The highest BCUT2D eigenvalue weighted by Gasteiger charge is 2.32. The third-order valence-corrected chi connectivity index (χ3v) is 3.88. The zero-order chi connectivity index (χ0) is 13.8. The third kappa shape index (κ3) is 3.32. The number of nitrogen functional groups attached to an aromatic ring is 1. The van der Waals surface area contributed by atoms with E-state index in [1.54, 1.807) is 14.2 Å². The molecule has 1 aliphatic carbocycles. The average Bonchev–Trinajstić information content (AvgIpc) is 3.24. The van der Waals surface area contributed by atoms with Gasteiger partial charge in [0.2, 0.25) is 0 Å². The predicted molar refractivity (Wildman–Crippen MR) is 78.8 cm³/mol. The predicted octanol–water partition coefficient (Wildman–Crippen LogP) is 2.53. The number of methoxy groups -OCH3 is 2.